The zero-order valence-electron chi connectivity index (χ0n) is 27.1. The number of hydrogen-bond acceptors (Lipinski definition) is 8. The van der Waals surface area contributed by atoms with Crippen molar-refractivity contribution in [2.75, 3.05) is 5.75 Å². The fourth-order valence-corrected chi connectivity index (χ4v) is 8.01. The molecule has 0 spiro atoms. The summed E-state index contributed by atoms with van der Waals surface area (Å²) in [6.45, 7) is 0.405. The van der Waals surface area contributed by atoms with E-state index in [1.807, 2.05) is 72.8 Å². The molecule has 0 bridgehead atoms. The number of carbonyl (C=O) groups is 2. The predicted octanol–water partition coefficient (Wildman–Crippen LogP) is 8.44. The van der Waals surface area contributed by atoms with Crippen LogP contribution in [0.15, 0.2) is 101 Å². The highest BCUT2D eigenvalue weighted by Gasteiger charge is 2.32. The summed E-state index contributed by atoms with van der Waals surface area (Å²) in [5.41, 5.74) is 6.91. The minimum atomic E-state index is -0.804. The number of benzene rings is 4. The maximum atomic E-state index is 12.5. The number of nitrogens with zero attached hydrogens (tertiary/aromatic N) is 1. The minimum absolute atomic E-state index is 0.00297. The van der Waals surface area contributed by atoms with Gasteiger partial charge in [0.05, 0.1) is 29.0 Å². The molecule has 49 heavy (non-hydrogen) atoms. The van der Waals surface area contributed by atoms with Gasteiger partial charge in [-0.15, -0.1) is 11.3 Å². The molecule has 1 aliphatic heterocycles. The van der Waals surface area contributed by atoms with E-state index < -0.39 is 12.3 Å². The number of aliphatic carboxylic acids is 1. The molecular formula is C39H40N2O6S2. The van der Waals surface area contributed by atoms with Crippen molar-refractivity contribution in [1.29, 1.82) is 0 Å². The Hall–Kier alpha value is -4.06. The molecule has 3 N–H and O–H groups in total. The number of rotatable bonds is 15. The van der Waals surface area contributed by atoms with Gasteiger partial charge in [0.2, 0.25) is 5.91 Å². The molecule has 0 saturated carbocycles. The van der Waals surface area contributed by atoms with Crippen molar-refractivity contribution >= 4 is 45.2 Å². The van der Waals surface area contributed by atoms with Crippen LogP contribution >= 0.6 is 23.1 Å². The van der Waals surface area contributed by atoms with Gasteiger partial charge < -0.3 is 25.0 Å². The molecular weight excluding hydrogens is 657 g/mol. The summed E-state index contributed by atoms with van der Waals surface area (Å²) in [7, 11) is 0. The van der Waals surface area contributed by atoms with Crippen molar-refractivity contribution in [3.8, 4) is 11.1 Å². The topological polar surface area (TPSA) is 118 Å². The number of hydrogen-bond donors (Lipinski definition) is 3. The fourth-order valence-electron chi connectivity index (χ4n) is 5.90. The molecule has 8 nitrogen and oxygen atoms in total. The van der Waals surface area contributed by atoms with Gasteiger partial charge in [-0.1, -0.05) is 103 Å². The van der Waals surface area contributed by atoms with Crippen LogP contribution in [0.2, 0.25) is 0 Å². The number of aromatic nitrogens is 1. The number of thiazole rings is 1. The quantitative estimate of drug-likeness (QED) is 0.0738. The lowest BCUT2D eigenvalue weighted by molar-refractivity contribution is -0.245. The zero-order chi connectivity index (χ0) is 34.0. The van der Waals surface area contributed by atoms with E-state index in [0.717, 1.165) is 55.4 Å². The van der Waals surface area contributed by atoms with Crippen LogP contribution in [0.5, 0.6) is 0 Å². The maximum Gasteiger partial charge on any atom is 0.303 e. The van der Waals surface area contributed by atoms with Gasteiger partial charge in [-0.3, -0.25) is 9.59 Å². The van der Waals surface area contributed by atoms with E-state index in [9.17, 15) is 14.7 Å². The summed E-state index contributed by atoms with van der Waals surface area (Å²) < 4.78 is 15.3. The van der Waals surface area contributed by atoms with Gasteiger partial charge in [0.15, 0.2) is 10.6 Å². The van der Waals surface area contributed by atoms with E-state index in [1.54, 1.807) is 23.1 Å². The average Bonchev–Trinajstić information content (AvgIpc) is 3.56. The Balaban J connectivity index is 1.13. The van der Waals surface area contributed by atoms with Gasteiger partial charge in [-0.25, -0.2) is 4.98 Å². The van der Waals surface area contributed by atoms with Gasteiger partial charge in [0, 0.05) is 37.1 Å². The van der Waals surface area contributed by atoms with Crippen LogP contribution in [-0.4, -0.2) is 38.9 Å². The molecule has 0 unspecified atom stereocenters. The van der Waals surface area contributed by atoms with Crippen LogP contribution in [0.4, 0.5) is 0 Å². The molecule has 2 heterocycles. The van der Waals surface area contributed by atoms with E-state index in [0.29, 0.717) is 32.2 Å². The molecule has 4 aromatic carbocycles. The van der Waals surface area contributed by atoms with Crippen molar-refractivity contribution in [1.82, 2.24) is 10.3 Å². The lowest BCUT2D eigenvalue weighted by Gasteiger charge is -2.36. The molecule has 1 saturated heterocycles. The summed E-state index contributed by atoms with van der Waals surface area (Å²) >= 11 is 3.41. The Morgan fingerprint density at radius 2 is 1.59 bits per heavy atom. The Morgan fingerprint density at radius 1 is 0.857 bits per heavy atom. The van der Waals surface area contributed by atoms with Gasteiger partial charge in [-0.2, -0.15) is 0 Å². The first kappa shape index (κ1) is 34.8. The predicted molar refractivity (Wildman–Crippen MR) is 193 cm³/mol. The summed E-state index contributed by atoms with van der Waals surface area (Å²) in [5.74, 6) is -0.102. The summed E-state index contributed by atoms with van der Waals surface area (Å²) in [4.78, 5) is 28.0. The molecule has 254 valence electrons. The van der Waals surface area contributed by atoms with Crippen LogP contribution in [-0.2, 0) is 32.2 Å². The molecule has 0 aliphatic carbocycles. The highest BCUT2D eigenvalue weighted by atomic mass is 32.2. The minimum Gasteiger partial charge on any atom is -0.481 e. The second kappa shape index (κ2) is 17.0. The lowest BCUT2D eigenvalue weighted by Crippen LogP contribution is -2.31. The van der Waals surface area contributed by atoms with Crippen molar-refractivity contribution in [2.45, 2.75) is 74.5 Å². The largest absolute Gasteiger partial charge is 0.481 e. The standard InChI is InChI=1S/C39H40N2O6S2/c42-24-26-14-16-28(17-15-26)34-22-31(25-48-39-41-33-10-6-7-11-35(33)49-39)46-38(47-34)29-20-18-27(19-21-29)32-9-5-4-8-30(32)23-40-36(43)12-2-1-3-13-37(44)45/h4-11,14-21,31,34,38,42H,1-3,12-13,22-25H2,(H,40,43)(H,44,45)/t31-,34+,38+/m0/s1. The van der Waals surface area contributed by atoms with Crippen molar-refractivity contribution < 1.29 is 29.3 Å². The van der Waals surface area contributed by atoms with E-state index in [1.165, 1.54) is 4.70 Å². The lowest BCUT2D eigenvalue weighted by atomic mass is 9.97. The number of thioether (sulfide) groups is 1. The zero-order valence-corrected chi connectivity index (χ0v) is 28.8. The molecule has 10 heteroatoms. The number of aliphatic hydroxyl groups excluding tert-OH is 1. The number of fused-ring (bicyclic) bond motifs is 1. The monoisotopic (exact) mass is 696 g/mol. The van der Waals surface area contributed by atoms with Gasteiger partial charge in [-0.05, 0) is 52.8 Å². The number of amides is 1. The van der Waals surface area contributed by atoms with Crippen molar-refractivity contribution in [2.24, 2.45) is 0 Å². The maximum absolute atomic E-state index is 12.5. The smallest absolute Gasteiger partial charge is 0.303 e. The number of aliphatic hydroxyl groups is 1. The summed E-state index contributed by atoms with van der Waals surface area (Å²) in [5, 5.41) is 21.4. The number of unbranched alkanes of at least 4 members (excludes halogenated alkanes) is 2. The molecule has 1 amide bonds. The first-order valence-corrected chi connectivity index (χ1v) is 18.4. The van der Waals surface area contributed by atoms with Crippen LogP contribution in [0.1, 0.15) is 73.2 Å². The summed E-state index contributed by atoms with van der Waals surface area (Å²) in [6, 6.07) is 32.3. The highest BCUT2D eigenvalue weighted by molar-refractivity contribution is 8.01. The Bertz CT molecular complexity index is 1810. The Morgan fingerprint density at radius 3 is 2.37 bits per heavy atom. The third-order valence-corrected chi connectivity index (χ3v) is 10.9. The Labute approximate surface area is 294 Å². The molecule has 0 radical (unpaired) electrons. The van der Waals surface area contributed by atoms with Crippen LogP contribution in [0, 0.1) is 0 Å². The van der Waals surface area contributed by atoms with Gasteiger partial charge >= 0.3 is 5.97 Å². The number of nitrogens with one attached hydrogen (secondary N) is 1. The second-order valence-corrected chi connectivity index (χ2v) is 14.4. The molecule has 1 fully saturated rings. The molecule has 6 rings (SSSR count). The normalized spacial score (nSPS) is 17.6. The number of carbonyl (C=O) groups excluding carboxylic acids is 1. The number of para-hydroxylation sites is 1. The van der Waals surface area contributed by atoms with E-state index in [-0.39, 0.29) is 31.1 Å². The molecule has 3 atom stereocenters. The fraction of sp³-hybridized carbons (Fsp3) is 0.308. The first-order chi connectivity index (χ1) is 23.9. The third-order valence-electron chi connectivity index (χ3n) is 8.56. The van der Waals surface area contributed by atoms with Crippen molar-refractivity contribution in [3.63, 3.8) is 0 Å². The second-order valence-electron chi connectivity index (χ2n) is 12.1. The molecule has 1 aromatic heterocycles. The van der Waals surface area contributed by atoms with E-state index in [2.05, 4.69) is 29.6 Å². The first-order valence-electron chi connectivity index (χ1n) is 16.6. The number of carboxylic acids is 1. The average molecular weight is 697 g/mol. The Kier molecular flexibility index (Phi) is 12.1. The van der Waals surface area contributed by atoms with E-state index >= 15 is 0 Å². The number of carboxylic acid groups (broad SMARTS) is 1. The molecule has 1 aliphatic rings. The van der Waals surface area contributed by atoms with Crippen LogP contribution in [0.3, 0.4) is 0 Å². The highest BCUT2D eigenvalue weighted by Crippen LogP contribution is 2.40. The molecule has 5 aromatic rings. The SMILES string of the molecule is O=C(O)CCCCCC(=O)NCc1ccccc1-c1ccc([C@@H]2O[C@H](CSc3nc4ccccc4s3)C[C@H](c3ccc(CO)cc3)O2)cc1. The summed E-state index contributed by atoms with van der Waals surface area (Å²) in [6.07, 6.45) is 2.39. The van der Waals surface area contributed by atoms with E-state index in [4.69, 9.17) is 19.6 Å². The van der Waals surface area contributed by atoms with Crippen molar-refractivity contribution in [3.05, 3.63) is 119 Å². The van der Waals surface area contributed by atoms with Gasteiger partial charge in [0.25, 0.3) is 0 Å². The third kappa shape index (κ3) is 9.55. The van der Waals surface area contributed by atoms with Crippen LogP contribution in [0.25, 0.3) is 21.3 Å². The van der Waals surface area contributed by atoms with Gasteiger partial charge in [0.1, 0.15) is 0 Å². The van der Waals surface area contributed by atoms with Crippen LogP contribution < -0.4 is 5.32 Å². The number of ether oxygens (including phenoxy) is 2.